The van der Waals surface area contributed by atoms with Gasteiger partial charge in [0.25, 0.3) is 0 Å². The minimum atomic E-state index is 0.233. The van der Waals surface area contributed by atoms with Gasteiger partial charge in [-0.2, -0.15) is 0 Å². The molecule has 2 nitrogen and oxygen atoms in total. The van der Waals surface area contributed by atoms with Crippen LogP contribution < -0.4 is 5.73 Å². The summed E-state index contributed by atoms with van der Waals surface area (Å²) in [5.74, 6) is 0. The minimum Gasteiger partial charge on any atom is -0.329 e. The topological polar surface area (TPSA) is 29.3 Å². The van der Waals surface area contributed by atoms with Crippen LogP contribution in [0.4, 0.5) is 0 Å². The molecule has 0 amide bonds. The van der Waals surface area contributed by atoms with E-state index >= 15 is 0 Å². The summed E-state index contributed by atoms with van der Waals surface area (Å²) in [6.07, 6.45) is 8.02. The number of halogens is 1. The molecule has 0 bridgehead atoms. The zero-order chi connectivity index (χ0) is 13.7. The highest BCUT2D eigenvalue weighted by atomic mass is 35.5. The summed E-state index contributed by atoms with van der Waals surface area (Å²) >= 11 is 6.33. The van der Waals surface area contributed by atoms with Gasteiger partial charge in [0.15, 0.2) is 0 Å². The normalized spacial score (nSPS) is 19.4. The van der Waals surface area contributed by atoms with Gasteiger partial charge in [-0.25, -0.2) is 0 Å². The van der Waals surface area contributed by atoms with Gasteiger partial charge in [-0.3, -0.25) is 4.90 Å². The van der Waals surface area contributed by atoms with Crippen molar-refractivity contribution in [2.75, 3.05) is 13.6 Å². The molecule has 0 aliphatic heterocycles. The Morgan fingerprint density at radius 2 is 1.84 bits per heavy atom. The fourth-order valence-electron chi connectivity index (χ4n) is 3.18. The SMILES string of the molecule is CN(C1CCCCCC1)C(CN)c1ccccc1Cl. The first kappa shape index (κ1) is 14.8. The molecule has 0 spiro atoms. The first-order chi connectivity index (χ1) is 9.24. The number of hydrogen-bond donors (Lipinski definition) is 1. The van der Waals surface area contributed by atoms with Gasteiger partial charge in [0.2, 0.25) is 0 Å². The molecule has 2 rings (SSSR count). The number of likely N-dealkylation sites (N-methyl/N-ethyl adjacent to an activating group) is 1. The standard InChI is InChI=1S/C16H25ClN2/c1-19(13-8-4-2-3-5-9-13)16(12-18)14-10-6-7-11-15(14)17/h6-7,10-11,13,16H,2-5,8-9,12,18H2,1H3. The maximum atomic E-state index is 6.33. The fourth-order valence-corrected chi connectivity index (χ4v) is 3.44. The lowest BCUT2D eigenvalue weighted by molar-refractivity contribution is 0.161. The van der Waals surface area contributed by atoms with Crippen LogP contribution in [0.3, 0.4) is 0 Å². The van der Waals surface area contributed by atoms with E-state index in [2.05, 4.69) is 18.0 Å². The molecule has 1 unspecified atom stereocenters. The second kappa shape index (κ2) is 7.28. The van der Waals surface area contributed by atoms with Gasteiger partial charge in [-0.15, -0.1) is 0 Å². The van der Waals surface area contributed by atoms with E-state index in [1.807, 2.05) is 18.2 Å². The van der Waals surface area contributed by atoms with Gasteiger partial charge in [0.05, 0.1) is 0 Å². The van der Waals surface area contributed by atoms with E-state index in [4.69, 9.17) is 17.3 Å². The molecule has 1 atom stereocenters. The van der Waals surface area contributed by atoms with E-state index in [0.717, 1.165) is 5.02 Å². The molecule has 1 aromatic rings. The molecule has 1 aliphatic rings. The van der Waals surface area contributed by atoms with E-state index in [0.29, 0.717) is 12.6 Å². The van der Waals surface area contributed by atoms with Crippen LogP contribution in [-0.2, 0) is 0 Å². The average molecular weight is 281 g/mol. The van der Waals surface area contributed by atoms with Crippen molar-refractivity contribution >= 4 is 11.6 Å². The Hall–Kier alpha value is -0.570. The molecule has 0 radical (unpaired) electrons. The lowest BCUT2D eigenvalue weighted by atomic mass is 10.0. The summed E-state index contributed by atoms with van der Waals surface area (Å²) in [5, 5.41) is 0.832. The third-order valence-corrected chi connectivity index (χ3v) is 4.72. The quantitative estimate of drug-likeness (QED) is 0.845. The van der Waals surface area contributed by atoms with Crippen LogP contribution in [0.15, 0.2) is 24.3 Å². The zero-order valence-electron chi connectivity index (χ0n) is 11.8. The number of rotatable bonds is 4. The Morgan fingerprint density at radius 1 is 1.21 bits per heavy atom. The van der Waals surface area contributed by atoms with Gasteiger partial charge in [-0.1, -0.05) is 55.5 Å². The summed E-state index contributed by atoms with van der Waals surface area (Å²) in [5.41, 5.74) is 7.19. The average Bonchev–Trinajstić information content (AvgIpc) is 2.70. The Morgan fingerprint density at radius 3 is 2.42 bits per heavy atom. The molecule has 1 aliphatic carbocycles. The van der Waals surface area contributed by atoms with Crippen molar-refractivity contribution in [3.63, 3.8) is 0 Å². The lowest BCUT2D eigenvalue weighted by Gasteiger charge is -2.35. The van der Waals surface area contributed by atoms with Crippen LogP contribution in [-0.4, -0.2) is 24.5 Å². The Kier molecular flexibility index (Phi) is 5.68. The zero-order valence-corrected chi connectivity index (χ0v) is 12.6. The highest BCUT2D eigenvalue weighted by molar-refractivity contribution is 6.31. The molecule has 1 aromatic carbocycles. The molecule has 0 heterocycles. The van der Waals surface area contributed by atoms with Gasteiger partial charge in [-0.05, 0) is 31.5 Å². The number of hydrogen-bond acceptors (Lipinski definition) is 2. The molecule has 2 N–H and O–H groups in total. The number of nitrogens with zero attached hydrogens (tertiary/aromatic N) is 1. The Bertz CT molecular complexity index is 386. The summed E-state index contributed by atoms with van der Waals surface area (Å²) in [7, 11) is 2.21. The lowest BCUT2D eigenvalue weighted by Crippen LogP contribution is -2.38. The fraction of sp³-hybridized carbons (Fsp3) is 0.625. The van der Waals surface area contributed by atoms with Gasteiger partial charge in [0, 0.05) is 23.7 Å². The van der Waals surface area contributed by atoms with Crippen molar-refractivity contribution in [2.24, 2.45) is 5.73 Å². The Labute approximate surface area is 121 Å². The van der Waals surface area contributed by atoms with E-state index in [9.17, 15) is 0 Å². The second-order valence-corrected chi connectivity index (χ2v) is 5.99. The van der Waals surface area contributed by atoms with Gasteiger partial charge in [0.1, 0.15) is 0 Å². The van der Waals surface area contributed by atoms with Crippen LogP contribution in [0.1, 0.15) is 50.1 Å². The first-order valence-electron chi connectivity index (χ1n) is 7.40. The summed E-state index contributed by atoms with van der Waals surface area (Å²) in [6, 6.07) is 8.97. The highest BCUT2D eigenvalue weighted by Gasteiger charge is 2.25. The third kappa shape index (κ3) is 3.71. The van der Waals surface area contributed by atoms with E-state index in [1.165, 1.54) is 44.1 Å². The van der Waals surface area contributed by atoms with Crippen molar-refractivity contribution in [3.05, 3.63) is 34.9 Å². The van der Waals surface area contributed by atoms with Crippen LogP contribution in [0.2, 0.25) is 5.02 Å². The molecule has 1 fully saturated rings. The van der Waals surface area contributed by atoms with Crippen molar-refractivity contribution in [1.82, 2.24) is 4.90 Å². The van der Waals surface area contributed by atoms with E-state index in [-0.39, 0.29) is 6.04 Å². The maximum absolute atomic E-state index is 6.33. The molecular formula is C16H25ClN2. The van der Waals surface area contributed by atoms with Crippen molar-refractivity contribution < 1.29 is 0 Å². The molecule has 1 saturated carbocycles. The van der Waals surface area contributed by atoms with Crippen LogP contribution in [0.5, 0.6) is 0 Å². The predicted octanol–water partition coefficient (Wildman–Crippen LogP) is 3.99. The highest BCUT2D eigenvalue weighted by Crippen LogP contribution is 2.31. The largest absolute Gasteiger partial charge is 0.329 e. The van der Waals surface area contributed by atoms with Crippen LogP contribution >= 0.6 is 11.6 Å². The number of nitrogens with two attached hydrogens (primary N) is 1. The van der Waals surface area contributed by atoms with Crippen molar-refractivity contribution in [3.8, 4) is 0 Å². The van der Waals surface area contributed by atoms with E-state index in [1.54, 1.807) is 0 Å². The maximum Gasteiger partial charge on any atom is 0.0485 e. The van der Waals surface area contributed by atoms with Gasteiger partial charge >= 0.3 is 0 Å². The molecule has 3 heteroatoms. The summed E-state index contributed by atoms with van der Waals surface area (Å²) in [6.45, 7) is 0.622. The number of benzene rings is 1. The smallest absolute Gasteiger partial charge is 0.0485 e. The molecular weight excluding hydrogens is 256 g/mol. The first-order valence-corrected chi connectivity index (χ1v) is 7.78. The van der Waals surface area contributed by atoms with E-state index < -0.39 is 0 Å². The van der Waals surface area contributed by atoms with Crippen molar-refractivity contribution in [1.29, 1.82) is 0 Å². The monoisotopic (exact) mass is 280 g/mol. The van der Waals surface area contributed by atoms with Crippen molar-refractivity contribution in [2.45, 2.75) is 50.6 Å². The third-order valence-electron chi connectivity index (χ3n) is 4.38. The molecule has 0 saturated heterocycles. The van der Waals surface area contributed by atoms with Gasteiger partial charge < -0.3 is 5.73 Å². The Balaban J connectivity index is 2.14. The minimum absolute atomic E-state index is 0.233. The predicted molar refractivity (Wildman–Crippen MR) is 82.5 cm³/mol. The molecule has 106 valence electrons. The van der Waals surface area contributed by atoms with Crippen LogP contribution in [0, 0.1) is 0 Å². The summed E-state index contributed by atoms with van der Waals surface area (Å²) < 4.78 is 0. The van der Waals surface area contributed by atoms with Crippen LogP contribution in [0.25, 0.3) is 0 Å². The summed E-state index contributed by atoms with van der Waals surface area (Å²) in [4.78, 5) is 2.45. The molecule has 0 aromatic heterocycles. The molecule has 19 heavy (non-hydrogen) atoms. The second-order valence-electron chi connectivity index (χ2n) is 5.58.